The lowest BCUT2D eigenvalue weighted by Gasteiger charge is -2.30. The third-order valence-corrected chi connectivity index (χ3v) is 4.93. The molecule has 6 heteroatoms. The lowest BCUT2D eigenvalue weighted by molar-refractivity contribution is -0.121. The van der Waals surface area contributed by atoms with Crippen LogP contribution in [0.3, 0.4) is 0 Å². The number of benzene rings is 1. The van der Waals surface area contributed by atoms with Crippen LogP contribution in [0.4, 0.5) is 5.69 Å². The largest absolute Gasteiger partial charge is 0.497 e. The zero-order valence-corrected chi connectivity index (χ0v) is 15.2. The average Bonchev–Trinajstić information content (AvgIpc) is 3.03. The molecule has 0 aliphatic carbocycles. The van der Waals surface area contributed by atoms with Crippen molar-refractivity contribution in [3.8, 4) is 11.5 Å². The monoisotopic (exact) mass is 346 g/mol. The predicted octanol–water partition coefficient (Wildman–Crippen LogP) is 2.09. The first-order valence-corrected chi connectivity index (χ1v) is 8.61. The van der Waals surface area contributed by atoms with E-state index in [9.17, 15) is 4.79 Å². The number of methoxy groups -OCH3 is 3. The maximum atomic E-state index is 13.0. The molecule has 6 nitrogen and oxygen atoms in total. The summed E-state index contributed by atoms with van der Waals surface area (Å²) in [6.45, 7) is 3.11. The summed E-state index contributed by atoms with van der Waals surface area (Å²) in [4.78, 5) is 17.1. The van der Waals surface area contributed by atoms with E-state index in [1.54, 1.807) is 21.3 Å². The van der Waals surface area contributed by atoms with Crippen LogP contribution in [0.1, 0.15) is 12.8 Å². The van der Waals surface area contributed by atoms with Gasteiger partial charge in [-0.05, 0) is 18.4 Å². The van der Waals surface area contributed by atoms with Gasteiger partial charge in [0.15, 0.2) is 0 Å². The third kappa shape index (κ3) is 3.80. The van der Waals surface area contributed by atoms with Crippen LogP contribution >= 0.6 is 0 Å². The standard InChI is InChI=1S/C19H26N2O4/c1-23-13-14-4-7-20(8-5-14)18-6-9-21(19(18)22)15-10-16(24-2)12-17(11-15)25-3/h4,10-12,18H,5-9,13H2,1-3H3/t18-/m1/s1. The van der Waals surface area contributed by atoms with Crippen LogP contribution in [-0.2, 0) is 9.53 Å². The topological polar surface area (TPSA) is 51.2 Å². The number of hydrogen-bond acceptors (Lipinski definition) is 5. The molecule has 0 unspecified atom stereocenters. The van der Waals surface area contributed by atoms with E-state index in [2.05, 4.69) is 11.0 Å². The molecule has 1 atom stereocenters. The van der Waals surface area contributed by atoms with Gasteiger partial charge in [-0.15, -0.1) is 0 Å². The molecule has 25 heavy (non-hydrogen) atoms. The Morgan fingerprint density at radius 2 is 1.80 bits per heavy atom. The molecule has 1 saturated heterocycles. The number of nitrogens with zero attached hydrogens (tertiary/aromatic N) is 2. The third-order valence-electron chi connectivity index (χ3n) is 4.93. The van der Waals surface area contributed by atoms with E-state index in [0.29, 0.717) is 24.7 Å². The highest BCUT2D eigenvalue weighted by Gasteiger charge is 2.37. The smallest absolute Gasteiger partial charge is 0.244 e. The Morgan fingerprint density at radius 3 is 2.36 bits per heavy atom. The summed E-state index contributed by atoms with van der Waals surface area (Å²) >= 11 is 0. The van der Waals surface area contributed by atoms with Crippen molar-refractivity contribution >= 4 is 11.6 Å². The van der Waals surface area contributed by atoms with E-state index in [4.69, 9.17) is 14.2 Å². The van der Waals surface area contributed by atoms with Crippen LogP contribution in [0.5, 0.6) is 11.5 Å². The summed E-state index contributed by atoms with van der Waals surface area (Å²) in [5.41, 5.74) is 2.15. The molecule has 2 heterocycles. The molecule has 0 spiro atoms. The van der Waals surface area contributed by atoms with E-state index < -0.39 is 0 Å². The molecule has 0 saturated carbocycles. The highest BCUT2D eigenvalue weighted by Crippen LogP contribution is 2.32. The highest BCUT2D eigenvalue weighted by atomic mass is 16.5. The van der Waals surface area contributed by atoms with E-state index in [1.165, 1.54) is 5.57 Å². The van der Waals surface area contributed by atoms with Gasteiger partial charge in [0.05, 0.1) is 32.6 Å². The van der Waals surface area contributed by atoms with Gasteiger partial charge in [-0.2, -0.15) is 0 Å². The van der Waals surface area contributed by atoms with Crippen LogP contribution in [0.2, 0.25) is 0 Å². The lowest BCUT2D eigenvalue weighted by Crippen LogP contribution is -2.44. The summed E-state index contributed by atoms with van der Waals surface area (Å²) in [5.74, 6) is 1.53. The Labute approximate surface area is 148 Å². The Hall–Kier alpha value is -2.05. The molecule has 0 bridgehead atoms. The summed E-state index contributed by atoms with van der Waals surface area (Å²) in [7, 11) is 4.95. The summed E-state index contributed by atoms with van der Waals surface area (Å²) in [5, 5.41) is 0. The van der Waals surface area contributed by atoms with Gasteiger partial charge >= 0.3 is 0 Å². The number of anilines is 1. The number of rotatable bonds is 6. The first-order chi connectivity index (χ1) is 12.2. The Morgan fingerprint density at radius 1 is 1.08 bits per heavy atom. The first kappa shape index (κ1) is 17.8. The van der Waals surface area contributed by atoms with Crippen LogP contribution in [0, 0.1) is 0 Å². The molecule has 1 aromatic rings. The molecule has 0 N–H and O–H groups in total. The fraction of sp³-hybridized carbons (Fsp3) is 0.526. The number of hydrogen-bond donors (Lipinski definition) is 0. The van der Waals surface area contributed by atoms with Crippen molar-refractivity contribution in [1.29, 1.82) is 0 Å². The fourth-order valence-corrected chi connectivity index (χ4v) is 3.53. The van der Waals surface area contributed by atoms with Gasteiger partial charge in [0.25, 0.3) is 0 Å². The van der Waals surface area contributed by atoms with Crippen molar-refractivity contribution in [2.24, 2.45) is 0 Å². The first-order valence-electron chi connectivity index (χ1n) is 8.61. The van der Waals surface area contributed by atoms with E-state index in [-0.39, 0.29) is 11.9 Å². The minimum atomic E-state index is -0.0578. The van der Waals surface area contributed by atoms with Gasteiger partial charge in [-0.3, -0.25) is 9.69 Å². The second-order valence-electron chi connectivity index (χ2n) is 6.41. The molecule has 0 aromatic heterocycles. The second-order valence-corrected chi connectivity index (χ2v) is 6.41. The van der Waals surface area contributed by atoms with Crippen molar-refractivity contribution in [3.05, 3.63) is 29.8 Å². The molecular weight excluding hydrogens is 320 g/mol. The van der Waals surface area contributed by atoms with Crippen LogP contribution < -0.4 is 14.4 Å². The number of carbonyl (C=O) groups excluding carboxylic acids is 1. The number of amides is 1. The number of carbonyl (C=O) groups is 1. The fourth-order valence-electron chi connectivity index (χ4n) is 3.53. The minimum Gasteiger partial charge on any atom is -0.497 e. The zero-order valence-electron chi connectivity index (χ0n) is 15.2. The van der Waals surface area contributed by atoms with Gasteiger partial charge in [0.1, 0.15) is 11.5 Å². The highest BCUT2D eigenvalue weighted by molar-refractivity contribution is 5.99. The molecule has 0 radical (unpaired) electrons. The number of ether oxygens (including phenoxy) is 3. The Kier molecular flexibility index (Phi) is 5.60. The van der Waals surface area contributed by atoms with Gasteiger partial charge in [-0.25, -0.2) is 0 Å². The molecular formula is C19H26N2O4. The molecule has 1 fully saturated rings. The molecule has 2 aliphatic heterocycles. The van der Waals surface area contributed by atoms with Gasteiger partial charge in [0, 0.05) is 44.9 Å². The molecule has 2 aliphatic rings. The summed E-state index contributed by atoms with van der Waals surface area (Å²) < 4.78 is 15.8. The van der Waals surface area contributed by atoms with E-state index in [0.717, 1.165) is 31.6 Å². The van der Waals surface area contributed by atoms with Crippen LogP contribution in [0.25, 0.3) is 0 Å². The summed E-state index contributed by atoms with van der Waals surface area (Å²) in [6.07, 6.45) is 3.99. The molecule has 3 rings (SSSR count). The van der Waals surface area contributed by atoms with Crippen molar-refractivity contribution < 1.29 is 19.0 Å². The van der Waals surface area contributed by atoms with Gasteiger partial charge < -0.3 is 19.1 Å². The predicted molar refractivity (Wildman–Crippen MR) is 96.5 cm³/mol. The quantitative estimate of drug-likeness (QED) is 0.738. The molecule has 1 aromatic carbocycles. The van der Waals surface area contributed by atoms with Crippen molar-refractivity contribution in [2.45, 2.75) is 18.9 Å². The maximum absolute atomic E-state index is 13.0. The van der Waals surface area contributed by atoms with Crippen molar-refractivity contribution in [2.75, 3.05) is 52.5 Å². The van der Waals surface area contributed by atoms with Gasteiger partial charge in [0.2, 0.25) is 5.91 Å². The zero-order chi connectivity index (χ0) is 17.8. The van der Waals surface area contributed by atoms with Crippen molar-refractivity contribution in [3.63, 3.8) is 0 Å². The van der Waals surface area contributed by atoms with E-state index in [1.807, 2.05) is 23.1 Å². The lowest BCUT2D eigenvalue weighted by atomic mass is 10.1. The Bertz CT molecular complexity index is 637. The van der Waals surface area contributed by atoms with Crippen LogP contribution in [0.15, 0.2) is 29.8 Å². The normalized spacial score (nSPS) is 21.4. The average molecular weight is 346 g/mol. The maximum Gasteiger partial charge on any atom is 0.244 e. The van der Waals surface area contributed by atoms with Crippen molar-refractivity contribution in [1.82, 2.24) is 4.90 Å². The summed E-state index contributed by atoms with van der Waals surface area (Å²) in [6, 6.07) is 5.52. The van der Waals surface area contributed by atoms with E-state index >= 15 is 0 Å². The van der Waals surface area contributed by atoms with Crippen LogP contribution in [-0.4, -0.2) is 64.4 Å². The SMILES string of the molecule is COCC1=CCN([C@@H]2CCN(c3cc(OC)cc(OC)c3)C2=O)CC1. The Balaban J connectivity index is 1.72. The molecule has 1 amide bonds. The second kappa shape index (κ2) is 7.89. The van der Waals surface area contributed by atoms with Gasteiger partial charge in [-0.1, -0.05) is 6.08 Å². The minimum absolute atomic E-state index is 0.0578. The molecule has 136 valence electrons.